The molecule has 2 aromatic rings. The minimum atomic E-state index is 0.678. The third kappa shape index (κ3) is 4.51. The molecule has 0 unspecified atom stereocenters. The third-order valence-electron chi connectivity index (χ3n) is 3.07. The molecule has 0 aliphatic heterocycles. The number of ether oxygens (including phenoxy) is 1. The SMILES string of the molecule is COCc1ccc(CNCc2cccc(C)c2)cc1. The van der Waals surface area contributed by atoms with E-state index < -0.39 is 0 Å². The van der Waals surface area contributed by atoms with E-state index in [1.54, 1.807) is 7.11 Å². The lowest BCUT2D eigenvalue weighted by Gasteiger charge is -2.07. The molecule has 1 N–H and O–H groups in total. The fourth-order valence-corrected chi connectivity index (χ4v) is 2.09. The van der Waals surface area contributed by atoms with Crippen molar-refractivity contribution in [3.05, 3.63) is 70.8 Å². The molecule has 2 heteroatoms. The number of hydrogen-bond donors (Lipinski definition) is 1. The Balaban J connectivity index is 1.82. The van der Waals surface area contributed by atoms with E-state index in [9.17, 15) is 0 Å². The summed E-state index contributed by atoms with van der Waals surface area (Å²) in [5.41, 5.74) is 5.15. The van der Waals surface area contributed by atoms with Crippen molar-refractivity contribution < 1.29 is 4.74 Å². The van der Waals surface area contributed by atoms with Gasteiger partial charge < -0.3 is 10.1 Å². The second kappa shape index (κ2) is 7.07. The maximum Gasteiger partial charge on any atom is 0.0713 e. The van der Waals surface area contributed by atoms with Gasteiger partial charge in [-0.1, -0.05) is 54.1 Å². The molecule has 0 fully saturated rings. The second-order valence-corrected chi connectivity index (χ2v) is 4.84. The van der Waals surface area contributed by atoms with Gasteiger partial charge >= 0.3 is 0 Å². The van der Waals surface area contributed by atoms with Gasteiger partial charge in [-0.05, 0) is 23.6 Å². The van der Waals surface area contributed by atoms with Crippen LogP contribution in [0.2, 0.25) is 0 Å². The van der Waals surface area contributed by atoms with Gasteiger partial charge in [-0.15, -0.1) is 0 Å². The minimum absolute atomic E-state index is 0.678. The van der Waals surface area contributed by atoms with Crippen molar-refractivity contribution in [2.45, 2.75) is 26.6 Å². The summed E-state index contributed by atoms with van der Waals surface area (Å²) in [7, 11) is 1.72. The highest BCUT2D eigenvalue weighted by molar-refractivity contribution is 5.23. The van der Waals surface area contributed by atoms with Crippen molar-refractivity contribution in [2.24, 2.45) is 0 Å². The smallest absolute Gasteiger partial charge is 0.0713 e. The Hall–Kier alpha value is -1.64. The van der Waals surface area contributed by atoms with E-state index >= 15 is 0 Å². The maximum absolute atomic E-state index is 5.10. The van der Waals surface area contributed by atoms with E-state index in [4.69, 9.17) is 4.74 Å². The Morgan fingerprint density at radius 2 is 1.58 bits per heavy atom. The van der Waals surface area contributed by atoms with Crippen LogP contribution in [-0.2, 0) is 24.4 Å². The summed E-state index contributed by atoms with van der Waals surface area (Å²) in [5, 5.41) is 3.47. The predicted molar refractivity (Wildman–Crippen MR) is 78.9 cm³/mol. The largest absolute Gasteiger partial charge is 0.380 e. The van der Waals surface area contributed by atoms with Crippen LogP contribution in [0.5, 0.6) is 0 Å². The highest BCUT2D eigenvalue weighted by atomic mass is 16.5. The quantitative estimate of drug-likeness (QED) is 0.854. The van der Waals surface area contributed by atoms with Crippen LogP contribution in [0.4, 0.5) is 0 Å². The van der Waals surface area contributed by atoms with Gasteiger partial charge in [-0.2, -0.15) is 0 Å². The van der Waals surface area contributed by atoms with Gasteiger partial charge in [-0.3, -0.25) is 0 Å². The lowest BCUT2D eigenvalue weighted by Crippen LogP contribution is -2.12. The van der Waals surface area contributed by atoms with Crippen LogP contribution in [0.3, 0.4) is 0 Å². The summed E-state index contributed by atoms with van der Waals surface area (Å²) in [5.74, 6) is 0. The molecule has 2 nitrogen and oxygen atoms in total. The van der Waals surface area contributed by atoms with Gasteiger partial charge in [0.15, 0.2) is 0 Å². The Morgan fingerprint density at radius 1 is 0.895 bits per heavy atom. The van der Waals surface area contributed by atoms with E-state index in [-0.39, 0.29) is 0 Å². The van der Waals surface area contributed by atoms with Crippen LogP contribution in [-0.4, -0.2) is 7.11 Å². The Kier molecular flexibility index (Phi) is 5.13. The topological polar surface area (TPSA) is 21.3 Å². The molecule has 0 radical (unpaired) electrons. The van der Waals surface area contributed by atoms with Crippen molar-refractivity contribution in [1.29, 1.82) is 0 Å². The molecule has 0 aliphatic rings. The van der Waals surface area contributed by atoms with Gasteiger partial charge in [0, 0.05) is 20.2 Å². The van der Waals surface area contributed by atoms with Crippen molar-refractivity contribution in [3.63, 3.8) is 0 Å². The fourth-order valence-electron chi connectivity index (χ4n) is 2.09. The summed E-state index contributed by atoms with van der Waals surface area (Å²) >= 11 is 0. The Morgan fingerprint density at radius 3 is 2.26 bits per heavy atom. The van der Waals surface area contributed by atoms with E-state index in [0.717, 1.165) is 13.1 Å². The number of rotatable bonds is 6. The number of methoxy groups -OCH3 is 1. The highest BCUT2D eigenvalue weighted by Crippen LogP contribution is 2.07. The van der Waals surface area contributed by atoms with Gasteiger partial charge in [0.25, 0.3) is 0 Å². The van der Waals surface area contributed by atoms with Crippen LogP contribution in [0.25, 0.3) is 0 Å². The molecule has 0 aliphatic carbocycles. The molecule has 0 heterocycles. The average Bonchev–Trinajstić information content (AvgIpc) is 2.41. The predicted octanol–water partition coefficient (Wildman–Crippen LogP) is 3.43. The third-order valence-corrected chi connectivity index (χ3v) is 3.07. The standard InChI is InChI=1S/C17H21NO/c1-14-4-3-5-17(10-14)12-18-11-15-6-8-16(9-7-15)13-19-2/h3-10,18H,11-13H2,1-2H3. The monoisotopic (exact) mass is 255 g/mol. The molecule has 0 saturated carbocycles. The van der Waals surface area contributed by atoms with Crippen molar-refractivity contribution in [1.82, 2.24) is 5.32 Å². The molecular formula is C17H21NO. The Bertz CT molecular complexity index is 505. The van der Waals surface area contributed by atoms with Crippen LogP contribution in [0, 0.1) is 6.92 Å². The maximum atomic E-state index is 5.10. The molecule has 0 saturated heterocycles. The van der Waals surface area contributed by atoms with E-state index in [1.807, 2.05) is 0 Å². The van der Waals surface area contributed by atoms with Gasteiger partial charge in [-0.25, -0.2) is 0 Å². The van der Waals surface area contributed by atoms with Gasteiger partial charge in [0.2, 0.25) is 0 Å². The van der Waals surface area contributed by atoms with E-state index in [1.165, 1.54) is 22.3 Å². The zero-order valence-electron chi connectivity index (χ0n) is 11.6. The van der Waals surface area contributed by atoms with Crippen LogP contribution >= 0.6 is 0 Å². The summed E-state index contributed by atoms with van der Waals surface area (Å²) in [6.45, 7) is 4.59. The molecular weight excluding hydrogens is 234 g/mol. The normalized spacial score (nSPS) is 10.6. The van der Waals surface area contributed by atoms with Crippen molar-refractivity contribution in [2.75, 3.05) is 7.11 Å². The van der Waals surface area contributed by atoms with Crippen LogP contribution in [0.1, 0.15) is 22.3 Å². The average molecular weight is 255 g/mol. The molecule has 0 amide bonds. The molecule has 19 heavy (non-hydrogen) atoms. The first-order chi connectivity index (χ1) is 9.28. The lowest BCUT2D eigenvalue weighted by molar-refractivity contribution is 0.185. The Labute approximate surface area is 115 Å². The van der Waals surface area contributed by atoms with Gasteiger partial charge in [0.1, 0.15) is 0 Å². The van der Waals surface area contributed by atoms with E-state index in [2.05, 4.69) is 60.8 Å². The summed E-state index contributed by atoms with van der Waals surface area (Å²) < 4.78 is 5.10. The first-order valence-electron chi connectivity index (χ1n) is 6.61. The minimum Gasteiger partial charge on any atom is -0.380 e. The summed E-state index contributed by atoms with van der Waals surface area (Å²) in [4.78, 5) is 0. The molecule has 0 aromatic heterocycles. The van der Waals surface area contributed by atoms with Crippen LogP contribution < -0.4 is 5.32 Å². The lowest BCUT2D eigenvalue weighted by atomic mass is 10.1. The molecule has 0 bridgehead atoms. The first kappa shape index (κ1) is 13.8. The zero-order valence-corrected chi connectivity index (χ0v) is 11.6. The van der Waals surface area contributed by atoms with E-state index in [0.29, 0.717) is 6.61 Å². The van der Waals surface area contributed by atoms with Gasteiger partial charge in [0.05, 0.1) is 6.61 Å². The molecule has 2 aromatic carbocycles. The number of hydrogen-bond acceptors (Lipinski definition) is 2. The molecule has 2 rings (SSSR count). The summed E-state index contributed by atoms with van der Waals surface area (Å²) in [6, 6.07) is 17.1. The number of aryl methyl sites for hydroxylation is 1. The van der Waals surface area contributed by atoms with Crippen molar-refractivity contribution >= 4 is 0 Å². The molecule has 0 spiro atoms. The van der Waals surface area contributed by atoms with Crippen molar-refractivity contribution in [3.8, 4) is 0 Å². The zero-order chi connectivity index (χ0) is 13.5. The number of nitrogens with one attached hydrogen (secondary N) is 1. The molecule has 0 atom stereocenters. The highest BCUT2D eigenvalue weighted by Gasteiger charge is 1.96. The number of benzene rings is 2. The first-order valence-corrected chi connectivity index (χ1v) is 6.61. The molecule has 100 valence electrons. The summed E-state index contributed by atoms with van der Waals surface area (Å²) in [6.07, 6.45) is 0. The fraction of sp³-hybridized carbons (Fsp3) is 0.294. The second-order valence-electron chi connectivity index (χ2n) is 4.84. The van der Waals surface area contributed by atoms with Crippen LogP contribution in [0.15, 0.2) is 48.5 Å².